The van der Waals surface area contributed by atoms with E-state index >= 15 is 0 Å². The summed E-state index contributed by atoms with van der Waals surface area (Å²) in [5.41, 5.74) is 7.27. The van der Waals surface area contributed by atoms with E-state index in [2.05, 4.69) is 34.2 Å². The summed E-state index contributed by atoms with van der Waals surface area (Å²) in [6, 6.07) is 10.3. The number of hydrogen-bond donors (Lipinski definition) is 1. The SMILES string of the molecule is Nc1nc(C(=O)N2CCN(C/C=C/c3ccccc3)CC2)cs1. The van der Waals surface area contributed by atoms with E-state index in [1.54, 1.807) is 5.38 Å². The molecule has 1 aromatic heterocycles. The Kier molecular flexibility index (Phi) is 5.05. The zero-order valence-electron chi connectivity index (χ0n) is 12.9. The summed E-state index contributed by atoms with van der Waals surface area (Å²) in [6.07, 6.45) is 4.31. The normalized spacial score (nSPS) is 16.1. The van der Waals surface area contributed by atoms with Crippen LogP contribution in [-0.2, 0) is 0 Å². The van der Waals surface area contributed by atoms with Gasteiger partial charge in [0.1, 0.15) is 5.69 Å². The number of nitrogens with zero attached hydrogens (tertiary/aromatic N) is 3. The number of thiazole rings is 1. The lowest BCUT2D eigenvalue weighted by Crippen LogP contribution is -2.48. The van der Waals surface area contributed by atoms with Gasteiger partial charge in [0.2, 0.25) is 0 Å². The van der Waals surface area contributed by atoms with Gasteiger partial charge in [-0.25, -0.2) is 4.98 Å². The van der Waals surface area contributed by atoms with Crippen molar-refractivity contribution in [2.24, 2.45) is 0 Å². The van der Waals surface area contributed by atoms with Gasteiger partial charge in [-0.2, -0.15) is 0 Å². The van der Waals surface area contributed by atoms with Crippen LogP contribution in [0, 0.1) is 0 Å². The van der Waals surface area contributed by atoms with Crippen LogP contribution in [0.4, 0.5) is 5.13 Å². The Morgan fingerprint density at radius 3 is 2.61 bits per heavy atom. The van der Waals surface area contributed by atoms with E-state index in [0.717, 1.165) is 32.7 Å². The van der Waals surface area contributed by atoms with Gasteiger partial charge < -0.3 is 10.6 Å². The Labute approximate surface area is 140 Å². The first kappa shape index (κ1) is 15.7. The molecule has 3 rings (SSSR count). The number of nitrogens with two attached hydrogens (primary N) is 1. The molecule has 1 fully saturated rings. The number of rotatable bonds is 4. The molecular weight excluding hydrogens is 308 g/mol. The van der Waals surface area contributed by atoms with Gasteiger partial charge in [-0.05, 0) is 5.56 Å². The summed E-state index contributed by atoms with van der Waals surface area (Å²) < 4.78 is 0. The van der Waals surface area contributed by atoms with E-state index < -0.39 is 0 Å². The molecule has 2 aromatic rings. The number of hydrogen-bond acceptors (Lipinski definition) is 5. The Balaban J connectivity index is 1.47. The molecule has 0 bridgehead atoms. The second-order valence-electron chi connectivity index (χ2n) is 5.48. The third kappa shape index (κ3) is 4.18. The Morgan fingerprint density at radius 2 is 1.96 bits per heavy atom. The van der Waals surface area contributed by atoms with Crippen molar-refractivity contribution < 1.29 is 4.79 Å². The molecule has 0 saturated carbocycles. The molecule has 0 spiro atoms. The highest BCUT2D eigenvalue weighted by molar-refractivity contribution is 7.13. The number of anilines is 1. The van der Waals surface area contributed by atoms with Gasteiger partial charge in [-0.3, -0.25) is 9.69 Å². The Bertz CT molecular complexity index is 675. The van der Waals surface area contributed by atoms with Crippen LogP contribution in [0.25, 0.3) is 6.08 Å². The van der Waals surface area contributed by atoms with Crippen LogP contribution >= 0.6 is 11.3 Å². The minimum atomic E-state index is -0.0163. The lowest BCUT2D eigenvalue weighted by molar-refractivity contribution is 0.0645. The second kappa shape index (κ2) is 7.39. The van der Waals surface area contributed by atoms with Gasteiger partial charge in [-0.1, -0.05) is 42.5 Å². The van der Waals surface area contributed by atoms with Crippen LogP contribution in [0.15, 0.2) is 41.8 Å². The predicted octanol–water partition coefficient (Wildman–Crippen LogP) is 2.20. The zero-order chi connectivity index (χ0) is 16.1. The minimum Gasteiger partial charge on any atom is -0.375 e. The van der Waals surface area contributed by atoms with E-state index in [1.807, 2.05) is 23.1 Å². The van der Waals surface area contributed by atoms with Crippen LogP contribution < -0.4 is 5.73 Å². The molecule has 2 heterocycles. The third-order valence-electron chi connectivity index (χ3n) is 3.87. The number of aromatic nitrogens is 1. The molecule has 1 saturated heterocycles. The van der Waals surface area contributed by atoms with Gasteiger partial charge in [0.05, 0.1) is 0 Å². The van der Waals surface area contributed by atoms with Crippen LogP contribution in [-0.4, -0.2) is 53.4 Å². The van der Waals surface area contributed by atoms with Crippen molar-refractivity contribution in [3.8, 4) is 0 Å². The molecule has 1 aliphatic rings. The van der Waals surface area contributed by atoms with Gasteiger partial charge >= 0.3 is 0 Å². The molecule has 2 N–H and O–H groups in total. The van der Waals surface area contributed by atoms with E-state index in [-0.39, 0.29) is 5.91 Å². The maximum absolute atomic E-state index is 12.3. The fourth-order valence-corrected chi connectivity index (χ4v) is 3.12. The van der Waals surface area contributed by atoms with E-state index in [1.165, 1.54) is 16.9 Å². The Hall–Kier alpha value is -2.18. The minimum absolute atomic E-state index is 0.0163. The Morgan fingerprint density at radius 1 is 1.22 bits per heavy atom. The summed E-state index contributed by atoms with van der Waals surface area (Å²) in [5.74, 6) is -0.0163. The summed E-state index contributed by atoms with van der Waals surface area (Å²) >= 11 is 1.31. The summed E-state index contributed by atoms with van der Waals surface area (Å²) in [4.78, 5) is 20.6. The number of nitrogen functional groups attached to an aromatic ring is 1. The molecule has 1 aromatic carbocycles. The van der Waals surface area contributed by atoms with Gasteiger partial charge in [-0.15, -0.1) is 11.3 Å². The van der Waals surface area contributed by atoms with E-state index in [4.69, 9.17) is 5.73 Å². The average Bonchev–Trinajstić information content (AvgIpc) is 3.02. The molecule has 0 atom stereocenters. The van der Waals surface area contributed by atoms with Crippen molar-refractivity contribution in [1.82, 2.24) is 14.8 Å². The summed E-state index contributed by atoms with van der Waals surface area (Å²) in [6.45, 7) is 4.13. The van der Waals surface area contributed by atoms with Crippen molar-refractivity contribution in [3.05, 3.63) is 53.0 Å². The maximum Gasteiger partial charge on any atom is 0.273 e. The topological polar surface area (TPSA) is 62.5 Å². The van der Waals surface area contributed by atoms with Gasteiger partial charge in [0, 0.05) is 38.1 Å². The highest BCUT2D eigenvalue weighted by Crippen LogP contribution is 2.14. The molecular formula is C17H20N4OS. The van der Waals surface area contributed by atoms with Crippen LogP contribution in [0.5, 0.6) is 0 Å². The van der Waals surface area contributed by atoms with Crippen LogP contribution in [0.1, 0.15) is 16.1 Å². The maximum atomic E-state index is 12.3. The molecule has 0 unspecified atom stereocenters. The fraction of sp³-hybridized carbons (Fsp3) is 0.294. The molecule has 5 nitrogen and oxygen atoms in total. The van der Waals surface area contributed by atoms with E-state index in [9.17, 15) is 4.79 Å². The monoisotopic (exact) mass is 328 g/mol. The summed E-state index contributed by atoms with van der Waals surface area (Å²) in [7, 11) is 0. The number of amides is 1. The lowest BCUT2D eigenvalue weighted by Gasteiger charge is -2.33. The van der Waals surface area contributed by atoms with Crippen molar-refractivity contribution >= 4 is 28.5 Å². The zero-order valence-corrected chi connectivity index (χ0v) is 13.7. The number of piperazine rings is 1. The standard InChI is InChI=1S/C17H20N4OS/c18-17-19-15(13-23-17)16(22)21-11-9-20(10-12-21)8-4-7-14-5-2-1-3-6-14/h1-7,13H,8-12H2,(H2,18,19)/b7-4+. The number of carbonyl (C=O) groups excluding carboxylic acids is 1. The van der Waals surface area contributed by atoms with E-state index in [0.29, 0.717) is 10.8 Å². The van der Waals surface area contributed by atoms with Crippen LogP contribution in [0.3, 0.4) is 0 Å². The smallest absolute Gasteiger partial charge is 0.273 e. The summed E-state index contributed by atoms with van der Waals surface area (Å²) in [5, 5.41) is 2.17. The van der Waals surface area contributed by atoms with Crippen molar-refractivity contribution in [2.75, 3.05) is 38.5 Å². The average molecular weight is 328 g/mol. The molecule has 6 heteroatoms. The number of benzene rings is 1. The highest BCUT2D eigenvalue weighted by atomic mass is 32.1. The fourth-order valence-electron chi connectivity index (χ4n) is 2.58. The first-order chi connectivity index (χ1) is 11.2. The van der Waals surface area contributed by atoms with Crippen LogP contribution in [0.2, 0.25) is 0 Å². The first-order valence-electron chi connectivity index (χ1n) is 7.66. The molecule has 0 radical (unpaired) electrons. The predicted molar refractivity (Wildman–Crippen MR) is 94.3 cm³/mol. The van der Waals surface area contributed by atoms with Crippen molar-refractivity contribution in [1.29, 1.82) is 0 Å². The molecule has 1 aliphatic heterocycles. The first-order valence-corrected chi connectivity index (χ1v) is 8.54. The quantitative estimate of drug-likeness (QED) is 0.934. The lowest BCUT2D eigenvalue weighted by atomic mass is 10.2. The third-order valence-corrected chi connectivity index (χ3v) is 4.55. The van der Waals surface area contributed by atoms with Crippen molar-refractivity contribution in [3.63, 3.8) is 0 Å². The molecule has 120 valence electrons. The molecule has 23 heavy (non-hydrogen) atoms. The van der Waals surface area contributed by atoms with Gasteiger partial charge in [0.15, 0.2) is 5.13 Å². The highest BCUT2D eigenvalue weighted by Gasteiger charge is 2.23. The number of carbonyl (C=O) groups is 1. The molecule has 1 amide bonds. The molecule has 0 aliphatic carbocycles. The largest absolute Gasteiger partial charge is 0.375 e. The second-order valence-corrected chi connectivity index (χ2v) is 6.37. The van der Waals surface area contributed by atoms with Gasteiger partial charge in [0.25, 0.3) is 5.91 Å². The van der Waals surface area contributed by atoms with Crippen molar-refractivity contribution in [2.45, 2.75) is 0 Å².